The minimum Gasteiger partial charge on any atom is -0.452 e. The van der Waals surface area contributed by atoms with Crippen LogP contribution in [0.4, 0.5) is 11.4 Å². The van der Waals surface area contributed by atoms with E-state index in [9.17, 15) is 19.2 Å². The minimum absolute atomic E-state index is 0.137. The van der Waals surface area contributed by atoms with Crippen LogP contribution >= 0.6 is 11.8 Å². The number of anilines is 2. The number of hydrogen-bond donors (Lipinski definition) is 3. The molecule has 1 saturated carbocycles. The van der Waals surface area contributed by atoms with Gasteiger partial charge >= 0.3 is 5.97 Å². The van der Waals surface area contributed by atoms with Crippen molar-refractivity contribution in [2.24, 2.45) is 0 Å². The van der Waals surface area contributed by atoms with Crippen LogP contribution in [0.3, 0.4) is 0 Å². The van der Waals surface area contributed by atoms with Crippen LogP contribution in [0.15, 0.2) is 47.4 Å². The number of rotatable bonds is 6. The van der Waals surface area contributed by atoms with Gasteiger partial charge in [-0.25, -0.2) is 4.79 Å². The SMILES string of the molecule is O=C1CSc2ccc(C(=O)OCC(=O)Nc3ccccc3C(=O)NC3CC3)cc2N1. The third kappa shape index (κ3) is 4.80. The molecule has 0 bridgehead atoms. The molecule has 2 aromatic rings. The summed E-state index contributed by atoms with van der Waals surface area (Å²) < 4.78 is 5.08. The molecule has 1 heterocycles. The van der Waals surface area contributed by atoms with E-state index in [1.54, 1.807) is 36.4 Å². The average Bonchev–Trinajstić information content (AvgIpc) is 3.55. The molecule has 2 aliphatic rings. The predicted octanol–water partition coefficient (Wildman–Crippen LogP) is 2.42. The van der Waals surface area contributed by atoms with Crippen molar-refractivity contribution >= 4 is 46.8 Å². The summed E-state index contributed by atoms with van der Waals surface area (Å²) in [5.41, 5.74) is 1.48. The number of carbonyl (C=O) groups is 4. The number of hydrogen-bond acceptors (Lipinski definition) is 6. The molecule has 3 amide bonds. The molecule has 0 atom stereocenters. The highest BCUT2D eigenvalue weighted by Crippen LogP contribution is 2.32. The summed E-state index contributed by atoms with van der Waals surface area (Å²) in [6.07, 6.45) is 1.92. The Hall–Kier alpha value is -3.33. The molecule has 0 unspecified atom stereocenters. The van der Waals surface area contributed by atoms with Gasteiger partial charge in [0.25, 0.3) is 11.8 Å². The normalized spacial score (nSPS) is 14.9. The lowest BCUT2D eigenvalue weighted by atomic mass is 10.1. The first kappa shape index (κ1) is 20.0. The molecule has 1 fully saturated rings. The zero-order chi connectivity index (χ0) is 21.1. The van der Waals surface area contributed by atoms with Crippen molar-refractivity contribution in [3.63, 3.8) is 0 Å². The molecule has 2 aromatic carbocycles. The zero-order valence-corrected chi connectivity index (χ0v) is 16.7. The number of ether oxygens (including phenoxy) is 1. The Labute approximate surface area is 176 Å². The molecule has 9 heteroatoms. The van der Waals surface area contributed by atoms with E-state index in [1.807, 2.05) is 0 Å². The summed E-state index contributed by atoms with van der Waals surface area (Å²) in [5, 5.41) is 8.19. The van der Waals surface area contributed by atoms with Gasteiger partial charge in [0, 0.05) is 10.9 Å². The second-order valence-corrected chi connectivity index (χ2v) is 7.98. The fourth-order valence-electron chi connectivity index (χ4n) is 2.89. The Morgan fingerprint density at radius 1 is 1.13 bits per heavy atom. The Morgan fingerprint density at radius 2 is 1.93 bits per heavy atom. The summed E-state index contributed by atoms with van der Waals surface area (Å²) in [6, 6.07) is 11.7. The molecular formula is C21H19N3O5S. The molecule has 30 heavy (non-hydrogen) atoms. The van der Waals surface area contributed by atoms with E-state index in [-0.39, 0.29) is 23.4 Å². The summed E-state index contributed by atoms with van der Waals surface area (Å²) in [7, 11) is 0. The van der Waals surface area contributed by atoms with E-state index in [0.29, 0.717) is 22.7 Å². The van der Waals surface area contributed by atoms with Crippen LogP contribution in [-0.2, 0) is 14.3 Å². The summed E-state index contributed by atoms with van der Waals surface area (Å²) in [6.45, 7) is -0.504. The van der Waals surface area contributed by atoms with Gasteiger partial charge in [-0.3, -0.25) is 14.4 Å². The lowest BCUT2D eigenvalue weighted by Crippen LogP contribution is -2.28. The molecule has 0 radical (unpaired) electrons. The zero-order valence-electron chi connectivity index (χ0n) is 15.9. The number of benzene rings is 2. The maximum absolute atomic E-state index is 12.3. The molecule has 154 valence electrons. The minimum atomic E-state index is -0.683. The standard InChI is InChI=1S/C21H19N3O5S/c25-18(23-15-4-2-1-3-14(15)20(27)22-13-6-7-13)10-29-21(28)12-5-8-17-16(9-12)24-19(26)11-30-17/h1-5,8-9,13H,6-7,10-11H2,(H,22,27)(H,23,25)(H,24,26). The fourth-order valence-corrected chi connectivity index (χ4v) is 3.68. The number of fused-ring (bicyclic) bond motifs is 1. The van der Waals surface area contributed by atoms with E-state index in [4.69, 9.17) is 4.74 Å². The Morgan fingerprint density at radius 3 is 2.73 bits per heavy atom. The maximum Gasteiger partial charge on any atom is 0.338 e. The van der Waals surface area contributed by atoms with E-state index >= 15 is 0 Å². The van der Waals surface area contributed by atoms with Gasteiger partial charge in [0.15, 0.2) is 6.61 Å². The Kier molecular flexibility index (Phi) is 5.71. The third-order valence-corrected chi connectivity index (χ3v) is 5.61. The largest absolute Gasteiger partial charge is 0.452 e. The van der Waals surface area contributed by atoms with Crippen LogP contribution < -0.4 is 16.0 Å². The van der Waals surface area contributed by atoms with Crippen LogP contribution in [0.2, 0.25) is 0 Å². The highest BCUT2D eigenvalue weighted by molar-refractivity contribution is 8.00. The molecule has 4 rings (SSSR count). The molecule has 1 aliphatic carbocycles. The van der Waals surface area contributed by atoms with Crippen LogP contribution in [0.25, 0.3) is 0 Å². The van der Waals surface area contributed by atoms with Crippen LogP contribution in [0, 0.1) is 0 Å². The smallest absolute Gasteiger partial charge is 0.338 e. The van der Waals surface area contributed by atoms with Crippen molar-refractivity contribution in [2.45, 2.75) is 23.8 Å². The van der Waals surface area contributed by atoms with Gasteiger partial charge < -0.3 is 20.7 Å². The third-order valence-electron chi connectivity index (χ3n) is 4.54. The first-order valence-corrected chi connectivity index (χ1v) is 10.4. The first-order chi connectivity index (χ1) is 14.5. The Balaban J connectivity index is 1.35. The maximum atomic E-state index is 12.3. The van der Waals surface area contributed by atoms with Crippen molar-refractivity contribution in [3.8, 4) is 0 Å². The van der Waals surface area contributed by atoms with E-state index < -0.39 is 18.5 Å². The highest BCUT2D eigenvalue weighted by atomic mass is 32.2. The number of nitrogens with one attached hydrogen (secondary N) is 3. The Bertz CT molecular complexity index is 1040. The van der Waals surface area contributed by atoms with Crippen LogP contribution in [0.5, 0.6) is 0 Å². The molecule has 3 N–H and O–H groups in total. The molecule has 1 aliphatic heterocycles. The number of amides is 3. The molecule has 8 nitrogen and oxygen atoms in total. The predicted molar refractivity (Wildman–Crippen MR) is 112 cm³/mol. The van der Waals surface area contributed by atoms with Crippen LogP contribution in [-0.4, -0.2) is 42.1 Å². The van der Waals surface area contributed by atoms with Gasteiger partial charge in [-0.1, -0.05) is 12.1 Å². The van der Waals surface area contributed by atoms with Gasteiger partial charge in [0.1, 0.15) is 0 Å². The van der Waals surface area contributed by atoms with Crippen molar-refractivity contribution < 1.29 is 23.9 Å². The summed E-state index contributed by atoms with van der Waals surface area (Å²) in [4.78, 5) is 49.2. The number of para-hydroxylation sites is 1. The van der Waals surface area contributed by atoms with E-state index in [2.05, 4.69) is 16.0 Å². The van der Waals surface area contributed by atoms with Crippen molar-refractivity contribution in [3.05, 3.63) is 53.6 Å². The van der Waals surface area contributed by atoms with Gasteiger partial charge in [-0.2, -0.15) is 0 Å². The number of thioether (sulfide) groups is 1. The lowest BCUT2D eigenvalue weighted by molar-refractivity contribution is -0.119. The van der Waals surface area contributed by atoms with Crippen molar-refractivity contribution in [1.29, 1.82) is 0 Å². The fraction of sp³-hybridized carbons (Fsp3) is 0.238. The average molecular weight is 425 g/mol. The van der Waals surface area contributed by atoms with E-state index in [0.717, 1.165) is 17.7 Å². The first-order valence-electron chi connectivity index (χ1n) is 9.43. The second-order valence-electron chi connectivity index (χ2n) is 6.97. The van der Waals surface area contributed by atoms with Gasteiger partial charge in [0.05, 0.1) is 28.3 Å². The number of carbonyl (C=O) groups excluding carboxylic acids is 4. The van der Waals surface area contributed by atoms with Crippen LogP contribution in [0.1, 0.15) is 33.6 Å². The highest BCUT2D eigenvalue weighted by Gasteiger charge is 2.25. The molecular weight excluding hydrogens is 406 g/mol. The quantitative estimate of drug-likeness (QED) is 0.613. The van der Waals surface area contributed by atoms with Gasteiger partial charge in [-0.05, 0) is 43.2 Å². The summed E-state index contributed by atoms with van der Waals surface area (Å²) in [5.74, 6) is -1.30. The monoisotopic (exact) mass is 425 g/mol. The number of esters is 1. The van der Waals surface area contributed by atoms with Crippen molar-refractivity contribution in [1.82, 2.24) is 5.32 Å². The lowest BCUT2D eigenvalue weighted by Gasteiger charge is -2.16. The molecule has 0 spiro atoms. The molecule has 0 aromatic heterocycles. The second kappa shape index (κ2) is 8.58. The summed E-state index contributed by atoms with van der Waals surface area (Å²) >= 11 is 1.39. The van der Waals surface area contributed by atoms with Crippen molar-refractivity contribution in [2.75, 3.05) is 23.0 Å². The topological polar surface area (TPSA) is 114 Å². The van der Waals surface area contributed by atoms with E-state index in [1.165, 1.54) is 17.8 Å². The molecule has 0 saturated heterocycles. The van der Waals surface area contributed by atoms with Gasteiger partial charge in [0.2, 0.25) is 5.91 Å². The van der Waals surface area contributed by atoms with Gasteiger partial charge in [-0.15, -0.1) is 11.8 Å².